The first kappa shape index (κ1) is 18.4. The fraction of sp³-hybridized carbons (Fsp3) is 0.500. The Bertz CT molecular complexity index is 805. The van der Waals surface area contributed by atoms with Gasteiger partial charge in [-0.1, -0.05) is 49.4 Å². The number of rotatable bonds is 5. The molecule has 0 aliphatic carbocycles. The first-order valence-corrected chi connectivity index (χ1v) is 11.0. The standard InChI is InChI=1S/C18H25N3O2S2/c1-13(2)16-5-3-14(4-6-16)11-15-7-9-21(10-8-15)18-20-12-17(24-18)25(19,22)23/h3-6,12-13,15H,7-11H2,1-2H3,(H2,19,22,23). The van der Waals surface area contributed by atoms with Crippen molar-refractivity contribution in [1.29, 1.82) is 0 Å². The lowest BCUT2D eigenvalue weighted by Gasteiger charge is -2.31. The maximum atomic E-state index is 11.4. The molecule has 2 heterocycles. The van der Waals surface area contributed by atoms with E-state index < -0.39 is 10.0 Å². The third-order valence-corrected chi connectivity index (χ3v) is 7.27. The SMILES string of the molecule is CC(C)c1ccc(CC2CCN(c3ncc(S(N)(=O)=O)s3)CC2)cc1. The quantitative estimate of drug-likeness (QED) is 0.864. The average Bonchev–Trinajstić information content (AvgIpc) is 3.06. The van der Waals surface area contributed by atoms with E-state index in [2.05, 4.69) is 48.0 Å². The van der Waals surface area contributed by atoms with Crippen molar-refractivity contribution in [3.8, 4) is 0 Å². The van der Waals surface area contributed by atoms with Crippen LogP contribution in [-0.2, 0) is 16.4 Å². The van der Waals surface area contributed by atoms with Crippen molar-refractivity contribution in [2.45, 2.75) is 43.2 Å². The monoisotopic (exact) mass is 379 g/mol. The highest BCUT2D eigenvalue weighted by atomic mass is 32.2. The molecule has 7 heteroatoms. The second kappa shape index (κ2) is 7.43. The number of aromatic nitrogens is 1. The molecule has 1 aromatic heterocycles. The number of primary sulfonamides is 1. The first-order chi connectivity index (χ1) is 11.8. The van der Waals surface area contributed by atoms with E-state index >= 15 is 0 Å². The predicted octanol–water partition coefficient (Wildman–Crippen LogP) is 3.37. The summed E-state index contributed by atoms with van der Waals surface area (Å²) in [6.45, 7) is 6.24. The van der Waals surface area contributed by atoms with E-state index in [4.69, 9.17) is 5.14 Å². The van der Waals surface area contributed by atoms with Crippen LogP contribution in [0, 0.1) is 5.92 Å². The van der Waals surface area contributed by atoms with Crippen LogP contribution < -0.4 is 10.0 Å². The summed E-state index contributed by atoms with van der Waals surface area (Å²) in [6, 6.07) is 8.97. The second-order valence-corrected chi connectivity index (χ2v) is 9.84. The zero-order valence-electron chi connectivity index (χ0n) is 14.7. The summed E-state index contributed by atoms with van der Waals surface area (Å²) in [5.41, 5.74) is 2.78. The second-order valence-electron chi connectivity index (χ2n) is 7.04. The minimum Gasteiger partial charge on any atom is -0.348 e. The van der Waals surface area contributed by atoms with Crippen molar-refractivity contribution in [2.75, 3.05) is 18.0 Å². The normalized spacial score (nSPS) is 16.6. The van der Waals surface area contributed by atoms with Gasteiger partial charge in [0.25, 0.3) is 0 Å². The van der Waals surface area contributed by atoms with E-state index in [0.717, 1.165) is 48.8 Å². The van der Waals surface area contributed by atoms with Crippen LogP contribution in [0.1, 0.15) is 43.7 Å². The molecule has 0 spiro atoms. The molecule has 3 rings (SSSR count). The van der Waals surface area contributed by atoms with Crippen LogP contribution in [0.4, 0.5) is 5.13 Å². The number of hydrogen-bond acceptors (Lipinski definition) is 5. The molecule has 25 heavy (non-hydrogen) atoms. The van der Waals surface area contributed by atoms with Gasteiger partial charge < -0.3 is 4.90 Å². The highest BCUT2D eigenvalue weighted by molar-refractivity contribution is 7.91. The smallest absolute Gasteiger partial charge is 0.249 e. The summed E-state index contributed by atoms with van der Waals surface area (Å²) >= 11 is 1.16. The Hall–Kier alpha value is -1.44. The number of thiazole rings is 1. The van der Waals surface area contributed by atoms with Gasteiger partial charge in [0.05, 0.1) is 6.20 Å². The molecule has 1 aliphatic rings. The number of nitrogens with two attached hydrogens (primary N) is 1. The van der Waals surface area contributed by atoms with Gasteiger partial charge in [0.15, 0.2) is 9.34 Å². The van der Waals surface area contributed by atoms with E-state index in [1.807, 2.05) is 0 Å². The van der Waals surface area contributed by atoms with E-state index in [0.29, 0.717) is 11.8 Å². The number of piperidine rings is 1. The van der Waals surface area contributed by atoms with Crippen molar-refractivity contribution < 1.29 is 8.42 Å². The third-order valence-electron chi connectivity index (χ3n) is 4.81. The van der Waals surface area contributed by atoms with Gasteiger partial charge in [0.2, 0.25) is 10.0 Å². The molecule has 2 aromatic rings. The van der Waals surface area contributed by atoms with Crippen molar-refractivity contribution in [1.82, 2.24) is 4.98 Å². The van der Waals surface area contributed by atoms with Crippen LogP contribution in [0.25, 0.3) is 0 Å². The molecule has 0 atom stereocenters. The molecular formula is C18H25N3O2S2. The minimum absolute atomic E-state index is 0.134. The average molecular weight is 380 g/mol. The lowest BCUT2D eigenvalue weighted by Crippen LogP contribution is -2.34. The zero-order chi connectivity index (χ0) is 18.0. The summed E-state index contributed by atoms with van der Waals surface area (Å²) in [5.74, 6) is 1.23. The van der Waals surface area contributed by atoms with Gasteiger partial charge in [-0.05, 0) is 42.2 Å². The Labute approximate surface area is 153 Å². The Morgan fingerprint density at radius 2 is 1.88 bits per heavy atom. The lowest BCUT2D eigenvalue weighted by molar-refractivity contribution is 0.403. The molecule has 5 nitrogen and oxygen atoms in total. The fourth-order valence-corrected chi connectivity index (χ4v) is 4.82. The number of anilines is 1. The molecular weight excluding hydrogens is 354 g/mol. The Balaban J connectivity index is 1.56. The molecule has 1 aromatic carbocycles. The van der Waals surface area contributed by atoms with Crippen LogP contribution >= 0.6 is 11.3 Å². The van der Waals surface area contributed by atoms with E-state index in [1.54, 1.807) is 0 Å². The maximum absolute atomic E-state index is 11.4. The molecule has 0 bridgehead atoms. The van der Waals surface area contributed by atoms with Crippen LogP contribution in [0.5, 0.6) is 0 Å². The van der Waals surface area contributed by atoms with Gasteiger partial charge in [-0.3, -0.25) is 0 Å². The van der Waals surface area contributed by atoms with Crippen molar-refractivity contribution in [2.24, 2.45) is 11.1 Å². The zero-order valence-corrected chi connectivity index (χ0v) is 16.3. The lowest BCUT2D eigenvalue weighted by atomic mass is 9.89. The number of nitrogens with zero attached hydrogens (tertiary/aromatic N) is 2. The van der Waals surface area contributed by atoms with Crippen molar-refractivity contribution in [3.63, 3.8) is 0 Å². The van der Waals surface area contributed by atoms with E-state index in [-0.39, 0.29) is 4.21 Å². The largest absolute Gasteiger partial charge is 0.348 e. The van der Waals surface area contributed by atoms with Crippen LogP contribution in [0.2, 0.25) is 0 Å². The van der Waals surface area contributed by atoms with Gasteiger partial charge in [-0.2, -0.15) is 0 Å². The van der Waals surface area contributed by atoms with E-state index in [9.17, 15) is 8.42 Å². The Morgan fingerprint density at radius 3 is 2.40 bits per heavy atom. The molecule has 0 saturated carbocycles. The summed E-state index contributed by atoms with van der Waals surface area (Å²) in [6.07, 6.45) is 4.65. The van der Waals surface area contributed by atoms with Gasteiger partial charge in [0, 0.05) is 13.1 Å². The summed E-state index contributed by atoms with van der Waals surface area (Å²) in [5, 5.41) is 5.91. The van der Waals surface area contributed by atoms with Crippen molar-refractivity contribution in [3.05, 3.63) is 41.6 Å². The van der Waals surface area contributed by atoms with Crippen LogP contribution in [0.3, 0.4) is 0 Å². The number of benzene rings is 1. The highest BCUT2D eigenvalue weighted by Crippen LogP contribution is 2.30. The first-order valence-electron chi connectivity index (χ1n) is 8.65. The molecule has 1 saturated heterocycles. The topological polar surface area (TPSA) is 76.3 Å². The van der Waals surface area contributed by atoms with Crippen LogP contribution in [-0.4, -0.2) is 26.5 Å². The molecule has 1 aliphatic heterocycles. The molecule has 136 valence electrons. The minimum atomic E-state index is -3.65. The molecule has 0 unspecified atom stereocenters. The third kappa shape index (κ3) is 4.59. The Morgan fingerprint density at radius 1 is 1.24 bits per heavy atom. The molecule has 0 radical (unpaired) electrons. The summed E-state index contributed by atoms with van der Waals surface area (Å²) < 4.78 is 22.9. The molecule has 0 amide bonds. The number of sulfonamides is 1. The molecule has 1 fully saturated rings. The maximum Gasteiger partial charge on any atom is 0.249 e. The molecule has 2 N–H and O–H groups in total. The van der Waals surface area contributed by atoms with Gasteiger partial charge in [0.1, 0.15) is 0 Å². The van der Waals surface area contributed by atoms with Gasteiger partial charge in [-0.15, -0.1) is 0 Å². The van der Waals surface area contributed by atoms with Gasteiger partial charge in [-0.25, -0.2) is 18.5 Å². The van der Waals surface area contributed by atoms with E-state index in [1.165, 1.54) is 17.3 Å². The van der Waals surface area contributed by atoms with Crippen LogP contribution in [0.15, 0.2) is 34.7 Å². The highest BCUT2D eigenvalue weighted by Gasteiger charge is 2.23. The fourth-order valence-electron chi connectivity index (χ4n) is 3.23. The summed E-state index contributed by atoms with van der Waals surface area (Å²) in [4.78, 5) is 6.39. The predicted molar refractivity (Wildman–Crippen MR) is 103 cm³/mol. The summed E-state index contributed by atoms with van der Waals surface area (Å²) in [7, 11) is -3.65. The van der Waals surface area contributed by atoms with Crippen molar-refractivity contribution >= 4 is 26.5 Å². The Kier molecular flexibility index (Phi) is 5.46. The number of hydrogen-bond donors (Lipinski definition) is 1. The van der Waals surface area contributed by atoms with Gasteiger partial charge >= 0.3 is 0 Å².